The summed E-state index contributed by atoms with van der Waals surface area (Å²) in [5.74, 6) is 2.02. The van der Waals surface area contributed by atoms with Gasteiger partial charge in [-0.25, -0.2) is 17.7 Å². The number of carbonyl (C=O) groups excluding carboxylic acids is 1. The first-order valence-corrected chi connectivity index (χ1v) is 10.4. The highest BCUT2D eigenvalue weighted by atomic mass is 32.2. The van der Waals surface area contributed by atoms with Crippen LogP contribution in [0.1, 0.15) is 25.1 Å². The van der Waals surface area contributed by atoms with Gasteiger partial charge in [-0.15, -0.1) is 0 Å². The number of amides is 1. The smallest absolute Gasteiger partial charge is 0.242 e. The fourth-order valence-corrected chi connectivity index (χ4v) is 4.77. The Morgan fingerprint density at radius 2 is 1.88 bits per heavy atom. The number of aromatic nitrogens is 2. The van der Waals surface area contributed by atoms with Gasteiger partial charge in [0.1, 0.15) is 12.4 Å². The molecule has 8 heteroatoms. The predicted octanol–water partition coefficient (Wildman–Crippen LogP) is 0.712. The Kier molecular flexibility index (Phi) is 4.96. The molecule has 2 fully saturated rings. The number of carbonyl (C=O) groups is 1. The molecule has 1 aromatic heterocycles. The lowest BCUT2D eigenvalue weighted by Gasteiger charge is -2.33. The molecule has 0 bridgehead atoms. The quantitative estimate of drug-likeness (QED) is 0.798. The first-order chi connectivity index (χ1) is 11.3. The maximum absolute atomic E-state index is 12.5. The number of likely N-dealkylation sites (tertiary alicyclic amines) is 1. The average molecular weight is 354 g/mol. The van der Waals surface area contributed by atoms with E-state index in [1.807, 2.05) is 22.6 Å². The van der Waals surface area contributed by atoms with Crippen molar-refractivity contribution in [2.45, 2.75) is 32.7 Å². The van der Waals surface area contributed by atoms with Gasteiger partial charge in [-0.2, -0.15) is 0 Å². The van der Waals surface area contributed by atoms with Gasteiger partial charge in [-0.3, -0.25) is 4.79 Å². The molecule has 24 heavy (non-hydrogen) atoms. The van der Waals surface area contributed by atoms with Crippen LogP contribution in [0.3, 0.4) is 0 Å². The zero-order valence-electron chi connectivity index (χ0n) is 14.4. The van der Waals surface area contributed by atoms with Gasteiger partial charge in [0.15, 0.2) is 0 Å². The summed E-state index contributed by atoms with van der Waals surface area (Å²) >= 11 is 0. The van der Waals surface area contributed by atoms with E-state index in [-0.39, 0.29) is 5.91 Å². The summed E-state index contributed by atoms with van der Waals surface area (Å²) in [6.45, 7) is 5.09. The SMILES string of the molecule is Cc1nccn1CC(=O)N1CCC(C2CCN(S(C)(=O)=O)CC2)C1. The van der Waals surface area contributed by atoms with Crippen LogP contribution in [0.4, 0.5) is 0 Å². The van der Waals surface area contributed by atoms with Gasteiger partial charge < -0.3 is 9.47 Å². The Balaban J connectivity index is 1.51. The van der Waals surface area contributed by atoms with E-state index in [1.165, 1.54) is 6.26 Å². The molecule has 0 saturated carbocycles. The fourth-order valence-electron chi connectivity index (χ4n) is 3.89. The molecule has 3 rings (SSSR count). The number of imidazole rings is 1. The molecule has 0 N–H and O–H groups in total. The standard InChI is InChI=1S/C16H26N4O3S/c1-13-17-6-10-18(13)12-16(21)19-7-3-15(11-19)14-4-8-20(9-5-14)24(2,22)23/h6,10,14-15H,3-5,7-9,11-12H2,1-2H3. The topological polar surface area (TPSA) is 75.5 Å². The Morgan fingerprint density at radius 3 is 2.46 bits per heavy atom. The Hall–Kier alpha value is -1.41. The molecule has 1 atom stereocenters. The van der Waals surface area contributed by atoms with E-state index >= 15 is 0 Å². The van der Waals surface area contributed by atoms with E-state index in [0.717, 1.165) is 38.2 Å². The largest absolute Gasteiger partial charge is 0.341 e. The van der Waals surface area contributed by atoms with E-state index < -0.39 is 10.0 Å². The van der Waals surface area contributed by atoms with E-state index in [1.54, 1.807) is 10.5 Å². The third kappa shape index (κ3) is 3.80. The third-order valence-electron chi connectivity index (χ3n) is 5.44. The molecule has 134 valence electrons. The van der Waals surface area contributed by atoms with E-state index in [2.05, 4.69) is 4.98 Å². The number of hydrogen-bond donors (Lipinski definition) is 0. The van der Waals surface area contributed by atoms with E-state index in [0.29, 0.717) is 31.5 Å². The van der Waals surface area contributed by atoms with Crippen molar-refractivity contribution in [3.8, 4) is 0 Å². The van der Waals surface area contributed by atoms with Gasteiger partial charge in [-0.05, 0) is 38.0 Å². The Morgan fingerprint density at radius 1 is 1.21 bits per heavy atom. The number of piperidine rings is 1. The monoisotopic (exact) mass is 354 g/mol. The normalized spacial score (nSPS) is 23.8. The minimum Gasteiger partial charge on any atom is -0.341 e. The molecule has 1 unspecified atom stereocenters. The summed E-state index contributed by atoms with van der Waals surface area (Å²) in [5, 5.41) is 0. The predicted molar refractivity (Wildman–Crippen MR) is 90.8 cm³/mol. The van der Waals surface area contributed by atoms with Crippen molar-refractivity contribution in [1.29, 1.82) is 0 Å². The van der Waals surface area contributed by atoms with Crippen molar-refractivity contribution < 1.29 is 13.2 Å². The number of sulfonamides is 1. The third-order valence-corrected chi connectivity index (χ3v) is 6.74. The zero-order valence-corrected chi connectivity index (χ0v) is 15.2. The van der Waals surface area contributed by atoms with Crippen molar-refractivity contribution in [2.75, 3.05) is 32.4 Å². The molecule has 1 aromatic rings. The lowest BCUT2D eigenvalue weighted by molar-refractivity contribution is -0.131. The molecular weight excluding hydrogens is 328 g/mol. The van der Waals surface area contributed by atoms with Crippen molar-refractivity contribution >= 4 is 15.9 Å². The minimum atomic E-state index is -3.07. The average Bonchev–Trinajstić information content (AvgIpc) is 3.16. The molecule has 3 heterocycles. The summed E-state index contributed by atoms with van der Waals surface area (Å²) in [6.07, 6.45) is 7.66. The summed E-state index contributed by atoms with van der Waals surface area (Å²) in [5.41, 5.74) is 0. The maximum atomic E-state index is 12.5. The number of nitrogens with zero attached hydrogens (tertiary/aromatic N) is 4. The van der Waals surface area contributed by atoms with Crippen LogP contribution < -0.4 is 0 Å². The first kappa shape index (κ1) is 17.4. The molecular formula is C16H26N4O3S. The van der Waals surface area contributed by atoms with Crippen LogP contribution >= 0.6 is 0 Å². The lowest BCUT2D eigenvalue weighted by atomic mass is 9.84. The minimum absolute atomic E-state index is 0.146. The molecule has 0 spiro atoms. The maximum Gasteiger partial charge on any atom is 0.242 e. The first-order valence-electron chi connectivity index (χ1n) is 8.55. The zero-order chi connectivity index (χ0) is 17.3. The van der Waals surface area contributed by atoms with Gasteiger partial charge >= 0.3 is 0 Å². The lowest BCUT2D eigenvalue weighted by Crippen LogP contribution is -2.40. The van der Waals surface area contributed by atoms with Gasteiger partial charge in [0.2, 0.25) is 15.9 Å². The number of rotatable bonds is 4. The van der Waals surface area contributed by atoms with Crippen LogP contribution in [0, 0.1) is 18.8 Å². The van der Waals surface area contributed by atoms with Crippen molar-refractivity contribution in [2.24, 2.45) is 11.8 Å². The summed E-state index contributed by atoms with van der Waals surface area (Å²) in [6, 6.07) is 0. The highest BCUT2D eigenvalue weighted by molar-refractivity contribution is 7.88. The molecule has 2 aliphatic heterocycles. The van der Waals surface area contributed by atoms with Crippen LogP contribution in [-0.2, 0) is 21.4 Å². The summed E-state index contributed by atoms with van der Waals surface area (Å²) < 4.78 is 26.6. The van der Waals surface area contributed by atoms with E-state index in [9.17, 15) is 13.2 Å². The van der Waals surface area contributed by atoms with Crippen LogP contribution in [0.25, 0.3) is 0 Å². The van der Waals surface area contributed by atoms with Crippen LogP contribution in [0.5, 0.6) is 0 Å². The molecule has 7 nitrogen and oxygen atoms in total. The summed E-state index contributed by atoms with van der Waals surface area (Å²) in [7, 11) is -3.07. The molecule has 2 saturated heterocycles. The van der Waals surface area contributed by atoms with Gasteiger partial charge in [-0.1, -0.05) is 0 Å². The molecule has 0 aliphatic carbocycles. The van der Waals surface area contributed by atoms with Crippen molar-refractivity contribution in [3.63, 3.8) is 0 Å². The van der Waals surface area contributed by atoms with Gasteiger partial charge in [0, 0.05) is 38.6 Å². The molecule has 0 radical (unpaired) electrons. The van der Waals surface area contributed by atoms with Crippen LogP contribution in [0.2, 0.25) is 0 Å². The highest BCUT2D eigenvalue weighted by Gasteiger charge is 2.35. The fraction of sp³-hybridized carbons (Fsp3) is 0.750. The highest BCUT2D eigenvalue weighted by Crippen LogP contribution is 2.32. The molecule has 2 aliphatic rings. The molecule has 1 amide bonds. The van der Waals surface area contributed by atoms with Crippen molar-refractivity contribution in [3.05, 3.63) is 18.2 Å². The van der Waals surface area contributed by atoms with Crippen LogP contribution in [-0.4, -0.2) is 65.5 Å². The number of hydrogen-bond acceptors (Lipinski definition) is 4. The van der Waals surface area contributed by atoms with Gasteiger partial charge in [0.05, 0.1) is 6.26 Å². The second kappa shape index (κ2) is 6.84. The number of aryl methyl sites for hydroxylation is 1. The molecule has 0 aromatic carbocycles. The van der Waals surface area contributed by atoms with Crippen LogP contribution in [0.15, 0.2) is 12.4 Å². The van der Waals surface area contributed by atoms with Gasteiger partial charge in [0.25, 0.3) is 0 Å². The Labute approximate surface area is 143 Å². The second-order valence-electron chi connectivity index (χ2n) is 6.99. The second-order valence-corrected chi connectivity index (χ2v) is 8.97. The Bertz CT molecular complexity index is 692. The van der Waals surface area contributed by atoms with Crippen molar-refractivity contribution in [1.82, 2.24) is 18.8 Å². The summed E-state index contributed by atoms with van der Waals surface area (Å²) in [4.78, 5) is 18.6. The van der Waals surface area contributed by atoms with E-state index in [4.69, 9.17) is 0 Å².